The number of benzene rings is 2. The SMILES string of the molecule is CCc1cccc(CC)c1Nc1cc(C(=O)O)ccc1N. The Bertz CT molecular complexity index is 644. The number of hydrogen-bond donors (Lipinski definition) is 3. The summed E-state index contributed by atoms with van der Waals surface area (Å²) in [4.78, 5) is 11.1. The van der Waals surface area contributed by atoms with E-state index in [-0.39, 0.29) is 5.56 Å². The van der Waals surface area contributed by atoms with E-state index in [9.17, 15) is 4.79 Å². The predicted molar refractivity (Wildman–Crippen MR) is 86.3 cm³/mol. The van der Waals surface area contributed by atoms with Gasteiger partial charge in [-0.2, -0.15) is 0 Å². The van der Waals surface area contributed by atoms with E-state index in [0.29, 0.717) is 11.4 Å². The van der Waals surface area contributed by atoms with Crippen molar-refractivity contribution < 1.29 is 9.90 Å². The Morgan fingerprint density at radius 3 is 2.29 bits per heavy atom. The van der Waals surface area contributed by atoms with Crippen LogP contribution in [0.1, 0.15) is 35.3 Å². The quantitative estimate of drug-likeness (QED) is 0.729. The summed E-state index contributed by atoms with van der Waals surface area (Å²) in [5, 5.41) is 12.4. The maximum atomic E-state index is 11.1. The van der Waals surface area contributed by atoms with Gasteiger partial charge in [0, 0.05) is 5.69 Å². The molecule has 0 saturated carbocycles. The number of carbonyl (C=O) groups is 1. The number of nitrogens with one attached hydrogen (secondary N) is 1. The van der Waals surface area contributed by atoms with Crippen molar-refractivity contribution in [3.8, 4) is 0 Å². The number of carboxylic acids is 1. The van der Waals surface area contributed by atoms with E-state index in [1.54, 1.807) is 12.1 Å². The fraction of sp³-hybridized carbons (Fsp3) is 0.235. The average Bonchev–Trinajstić information content (AvgIpc) is 2.49. The van der Waals surface area contributed by atoms with Gasteiger partial charge in [0.15, 0.2) is 0 Å². The zero-order valence-corrected chi connectivity index (χ0v) is 12.3. The van der Waals surface area contributed by atoms with E-state index < -0.39 is 5.97 Å². The second kappa shape index (κ2) is 6.31. The fourth-order valence-electron chi connectivity index (χ4n) is 2.34. The van der Waals surface area contributed by atoms with E-state index in [2.05, 4.69) is 31.3 Å². The minimum Gasteiger partial charge on any atom is -0.478 e. The molecule has 0 atom stereocenters. The lowest BCUT2D eigenvalue weighted by Crippen LogP contribution is -2.04. The standard InChI is InChI=1S/C17H20N2O2/c1-3-11-6-5-7-12(4-2)16(11)19-15-10-13(17(20)21)8-9-14(15)18/h5-10,19H,3-4,18H2,1-2H3,(H,20,21). The van der Waals surface area contributed by atoms with Crippen molar-refractivity contribution in [1.82, 2.24) is 0 Å². The molecule has 0 aromatic heterocycles. The molecule has 4 nitrogen and oxygen atoms in total. The Morgan fingerprint density at radius 1 is 1.14 bits per heavy atom. The molecule has 0 aliphatic heterocycles. The Hall–Kier alpha value is -2.49. The monoisotopic (exact) mass is 284 g/mol. The van der Waals surface area contributed by atoms with Crippen LogP contribution in [0.2, 0.25) is 0 Å². The van der Waals surface area contributed by atoms with Crippen LogP contribution in [-0.2, 0) is 12.8 Å². The molecule has 2 aromatic carbocycles. The maximum Gasteiger partial charge on any atom is 0.335 e. The summed E-state index contributed by atoms with van der Waals surface area (Å²) in [5.41, 5.74) is 10.8. The fourth-order valence-corrected chi connectivity index (χ4v) is 2.34. The largest absolute Gasteiger partial charge is 0.478 e. The second-order valence-electron chi connectivity index (χ2n) is 4.89. The van der Waals surface area contributed by atoms with Gasteiger partial charge in [-0.15, -0.1) is 0 Å². The van der Waals surface area contributed by atoms with E-state index in [4.69, 9.17) is 10.8 Å². The van der Waals surface area contributed by atoms with Crippen LogP contribution in [-0.4, -0.2) is 11.1 Å². The summed E-state index contributed by atoms with van der Waals surface area (Å²) in [7, 11) is 0. The molecule has 0 heterocycles. The molecular formula is C17H20N2O2. The maximum absolute atomic E-state index is 11.1. The first-order valence-electron chi connectivity index (χ1n) is 7.07. The number of para-hydroxylation sites is 1. The summed E-state index contributed by atoms with van der Waals surface area (Å²) < 4.78 is 0. The molecule has 2 aromatic rings. The Balaban J connectivity index is 2.47. The average molecular weight is 284 g/mol. The van der Waals surface area contributed by atoms with Crippen LogP contribution in [0.3, 0.4) is 0 Å². The van der Waals surface area contributed by atoms with Crippen LogP contribution in [0.5, 0.6) is 0 Å². The third-order valence-corrected chi connectivity index (χ3v) is 3.56. The Morgan fingerprint density at radius 2 is 1.76 bits per heavy atom. The molecule has 0 bridgehead atoms. The Kier molecular flexibility index (Phi) is 4.48. The predicted octanol–water partition coefficient (Wildman–Crippen LogP) is 3.84. The molecule has 4 N–H and O–H groups in total. The van der Waals surface area contributed by atoms with Crippen molar-refractivity contribution in [3.05, 3.63) is 53.1 Å². The highest BCUT2D eigenvalue weighted by molar-refractivity contribution is 5.91. The molecule has 0 saturated heterocycles. The molecular weight excluding hydrogens is 264 g/mol. The lowest BCUT2D eigenvalue weighted by molar-refractivity contribution is 0.0697. The number of aromatic carboxylic acids is 1. The van der Waals surface area contributed by atoms with Crippen molar-refractivity contribution in [2.75, 3.05) is 11.1 Å². The summed E-state index contributed by atoms with van der Waals surface area (Å²) >= 11 is 0. The third-order valence-electron chi connectivity index (χ3n) is 3.56. The van der Waals surface area contributed by atoms with Gasteiger partial charge in [0.25, 0.3) is 0 Å². The molecule has 0 fully saturated rings. The topological polar surface area (TPSA) is 75.3 Å². The first-order valence-corrected chi connectivity index (χ1v) is 7.07. The molecule has 0 unspecified atom stereocenters. The summed E-state index contributed by atoms with van der Waals surface area (Å²) in [6.45, 7) is 4.19. The number of rotatable bonds is 5. The first kappa shape index (κ1) is 14.9. The minimum atomic E-state index is -0.961. The van der Waals surface area contributed by atoms with Gasteiger partial charge in [-0.1, -0.05) is 32.0 Å². The van der Waals surface area contributed by atoms with Crippen molar-refractivity contribution in [1.29, 1.82) is 0 Å². The van der Waals surface area contributed by atoms with Crippen molar-refractivity contribution in [3.63, 3.8) is 0 Å². The highest BCUT2D eigenvalue weighted by Crippen LogP contribution is 2.30. The zero-order valence-electron chi connectivity index (χ0n) is 12.3. The van der Waals surface area contributed by atoms with Gasteiger partial charge < -0.3 is 16.2 Å². The lowest BCUT2D eigenvalue weighted by atomic mass is 10.0. The summed E-state index contributed by atoms with van der Waals surface area (Å²) in [6.07, 6.45) is 1.80. The van der Waals surface area contributed by atoms with Gasteiger partial charge in [0.1, 0.15) is 0 Å². The van der Waals surface area contributed by atoms with Crippen LogP contribution >= 0.6 is 0 Å². The smallest absolute Gasteiger partial charge is 0.335 e. The van der Waals surface area contributed by atoms with E-state index in [1.807, 2.05) is 6.07 Å². The van der Waals surface area contributed by atoms with Gasteiger partial charge >= 0.3 is 5.97 Å². The first-order chi connectivity index (χ1) is 10.1. The number of aryl methyl sites for hydroxylation is 2. The lowest BCUT2D eigenvalue weighted by Gasteiger charge is -2.17. The highest BCUT2D eigenvalue weighted by Gasteiger charge is 2.10. The molecule has 4 heteroatoms. The van der Waals surface area contributed by atoms with E-state index >= 15 is 0 Å². The summed E-state index contributed by atoms with van der Waals surface area (Å²) in [6, 6.07) is 10.9. The molecule has 0 spiro atoms. The Labute approximate surface area is 124 Å². The molecule has 110 valence electrons. The molecule has 21 heavy (non-hydrogen) atoms. The number of nitrogens with two attached hydrogens (primary N) is 1. The summed E-state index contributed by atoms with van der Waals surface area (Å²) in [5.74, 6) is -0.961. The van der Waals surface area contributed by atoms with Gasteiger partial charge in [-0.3, -0.25) is 0 Å². The van der Waals surface area contributed by atoms with Gasteiger partial charge in [0.05, 0.1) is 16.9 Å². The number of nitrogen functional groups attached to an aromatic ring is 1. The molecule has 0 radical (unpaired) electrons. The van der Waals surface area contributed by atoms with Crippen LogP contribution in [0.25, 0.3) is 0 Å². The van der Waals surface area contributed by atoms with Gasteiger partial charge in [-0.25, -0.2) is 4.79 Å². The van der Waals surface area contributed by atoms with Crippen LogP contribution < -0.4 is 11.1 Å². The normalized spacial score (nSPS) is 10.4. The molecule has 2 rings (SSSR count). The van der Waals surface area contributed by atoms with E-state index in [0.717, 1.165) is 18.5 Å². The molecule has 0 aliphatic rings. The second-order valence-corrected chi connectivity index (χ2v) is 4.89. The van der Waals surface area contributed by atoms with Crippen molar-refractivity contribution in [2.45, 2.75) is 26.7 Å². The highest BCUT2D eigenvalue weighted by atomic mass is 16.4. The van der Waals surface area contributed by atoms with Crippen LogP contribution in [0.4, 0.5) is 17.1 Å². The number of anilines is 3. The molecule has 0 amide bonds. The third kappa shape index (κ3) is 3.16. The van der Waals surface area contributed by atoms with E-state index in [1.165, 1.54) is 17.2 Å². The molecule has 0 aliphatic carbocycles. The number of hydrogen-bond acceptors (Lipinski definition) is 3. The zero-order chi connectivity index (χ0) is 15.4. The van der Waals surface area contributed by atoms with Gasteiger partial charge in [-0.05, 0) is 42.2 Å². The minimum absolute atomic E-state index is 0.221. The van der Waals surface area contributed by atoms with Crippen molar-refractivity contribution >= 4 is 23.0 Å². The van der Waals surface area contributed by atoms with Crippen LogP contribution in [0, 0.1) is 0 Å². The van der Waals surface area contributed by atoms with Gasteiger partial charge in [0.2, 0.25) is 0 Å². The number of carboxylic acid groups (broad SMARTS) is 1. The van der Waals surface area contributed by atoms with Crippen molar-refractivity contribution in [2.24, 2.45) is 0 Å². The van der Waals surface area contributed by atoms with Crippen LogP contribution in [0.15, 0.2) is 36.4 Å².